The Morgan fingerprint density at radius 2 is 2.27 bits per heavy atom. The van der Waals surface area contributed by atoms with Crippen molar-refractivity contribution in [1.82, 2.24) is 4.98 Å². The van der Waals surface area contributed by atoms with Gasteiger partial charge in [-0.25, -0.2) is 9.78 Å². The van der Waals surface area contributed by atoms with Crippen molar-refractivity contribution in [3.63, 3.8) is 0 Å². The molecule has 2 heterocycles. The van der Waals surface area contributed by atoms with E-state index in [-0.39, 0.29) is 22.9 Å². The first-order chi connectivity index (χ1) is 7.24. The maximum Gasteiger partial charge on any atom is 0.344 e. The van der Waals surface area contributed by atoms with Gasteiger partial charge in [0.05, 0.1) is 19.0 Å². The second-order valence-corrected chi connectivity index (χ2v) is 2.91. The summed E-state index contributed by atoms with van der Waals surface area (Å²) < 4.78 is 15.1. The number of nitrogens with two attached hydrogens (primary N) is 1. The van der Waals surface area contributed by atoms with Crippen molar-refractivity contribution in [3.8, 4) is 11.6 Å². The van der Waals surface area contributed by atoms with Crippen LogP contribution in [0.3, 0.4) is 0 Å². The van der Waals surface area contributed by atoms with Gasteiger partial charge in [0.15, 0.2) is 5.75 Å². The van der Waals surface area contributed by atoms with Gasteiger partial charge in [-0.3, -0.25) is 0 Å². The summed E-state index contributed by atoms with van der Waals surface area (Å²) in [4.78, 5) is 15.4. The highest BCUT2D eigenvalue weighted by Crippen LogP contribution is 2.35. The molecule has 0 bridgehead atoms. The number of nitrogen functional groups attached to an aromatic ring is 1. The van der Waals surface area contributed by atoms with Gasteiger partial charge < -0.3 is 19.9 Å². The number of aromatic nitrogens is 1. The molecule has 1 aromatic rings. The molecule has 0 radical (unpaired) electrons. The topological polar surface area (TPSA) is 83.7 Å². The van der Waals surface area contributed by atoms with Crippen molar-refractivity contribution in [1.29, 1.82) is 0 Å². The Bertz CT molecular complexity index is 405. The average molecular weight is 210 g/mol. The van der Waals surface area contributed by atoms with Crippen LogP contribution in [0, 0.1) is 0 Å². The Morgan fingerprint density at radius 1 is 1.53 bits per heavy atom. The lowest BCUT2D eigenvalue weighted by Crippen LogP contribution is -2.20. The van der Waals surface area contributed by atoms with Crippen molar-refractivity contribution in [2.24, 2.45) is 0 Å². The molecule has 1 aromatic heterocycles. The molecule has 80 valence electrons. The minimum Gasteiger partial charge on any atom is -0.484 e. The minimum atomic E-state index is -0.559. The Balaban J connectivity index is 2.55. The van der Waals surface area contributed by atoms with E-state index in [1.165, 1.54) is 13.3 Å². The van der Waals surface area contributed by atoms with Crippen LogP contribution in [0.1, 0.15) is 10.4 Å². The van der Waals surface area contributed by atoms with E-state index in [1.54, 1.807) is 0 Å². The lowest BCUT2D eigenvalue weighted by atomic mass is 10.2. The van der Waals surface area contributed by atoms with Gasteiger partial charge in [0.1, 0.15) is 18.8 Å². The van der Waals surface area contributed by atoms with E-state index in [0.29, 0.717) is 13.2 Å². The largest absolute Gasteiger partial charge is 0.484 e. The summed E-state index contributed by atoms with van der Waals surface area (Å²) in [7, 11) is 1.28. The predicted molar refractivity (Wildman–Crippen MR) is 51.0 cm³/mol. The highest BCUT2D eigenvalue weighted by atomic mass is 16.6. The SMILES string of the molecule is COC(=O)c1c(N)cnc2c1OCCO2. The van der Waals surface area contributed by atoms with Crippen LogP contribution in [0.5, 0.6) is 11.6 Å². The maximum absolute atomic E-state index is 11.4. The van der Waals surface area contributed by atoms with E-state index in [0.717, 1.165) is 0 Å². The smallest absolute Gasteiger partial charge is 0.344 e. The number of esters is 1. The summed E-state index contributed by atoms with van der Waals surface area (Å²) in [5.41, 5.74) is 6.00. The molecular weight excluding hydrogens is 200 g/mol. The monoisotopic (exact) mass is 210 g/mol. The first-order valence-electron chi connectivity index (χ1n) is 4.36. The van der Waals surface area contributed by atoms with Gasteiger partial charge >= 0.3 is 5.97 Å². The zero-order valence-corrected chi connectivity index (χ0v) is 8.15. The standard InChI is InChI=1S/C9H10N2O4/c1-13-9(12)6-5(10)4-11-8-7(6)14-2-3-15-8/h4H,2-3,10H2,1H3. The number of fused-ring (bicyclic) bond motifs is 1. The summed E-state index contributed by atoms with van der Waals surface area (Å²) in [6.45, 7) is 0.770. The molecule has 6 heteroatoms. The second kappa shape index (κ2) is 3.64. The predicted octanol–water partition coefficient (Wildman–Crippen LogP) is 0.222. The molecule has 0 fully saturated rings. The van der Waals surface area contributed by atoms with Crippen LogP contribution in [-0.2, 0) is 4.74 Å². The third kappa shape index (κ3) is 1.54. The Kier molecular flexibility index (Phi) is 2.32. The molecule has 0 atom stereocenters. The van der Waals surface area contributed by atoms with Crippen molar-refractivity contribution in [2.45, 2.75) is 0 Å². The van der Waals surface area contributed by atoms with Gasteiger partial charge in [0, 0.05) is 0 Å². The van der Waals surface area contributed by atoms with Gasteiger partial charge in [-0.15, -0.1) is 0 Å². The van der Waals surface area contributed by atoms with E-state index in [4.69, 9.17) is 15.2 Å². The van der Waals surface area contributed by atoms with E-state index in [1.807, 2.05) is 0 Å². The average Bonchev–Trinajstić information content (AvgIpc) is 2.28. The van der Waals surface area contributed by atoms with Gasteiger partial charge in [-0.2, -0.15) is 0 Å². The van der Waals surface area contributed by atoms with Crippen LogP contribution >= 0.6 is 0 Å². The number of carbonyl (C=O) groups is 1. The number of methoxy groups -OCH3 is 1. The maximum atomic E-state index is 11.4. The number of anilines is 1. The van der Waals surface area contributed by atoms with Crippen LogP contribution in [0.25, 0.3) is 0 Å². The first-order valence-corrected chi connectivity index (χ1v) is 4.36. The van der Waals surface area contributed by atoms with E-state index < -0.39 is 5.97 Å². The van der Waals surface area contributed by atoms with Crippen LogP contribution in [-0.4, -0.2) is 31.3 Å². The molecule has 0 spiro atoms. The van der Waals surface area contributed by atoms with E-state index in [9.17, 15) is 4.79 Å². The fourth-order valence-electron chi connectivity index (χ4n) is 1.32. The van der Waals surface area contributed by atoms with Gasteiger partial charge in [-0.1, -0.05) is 0 Å². The van der Waals surface area contributed by atoms with E-state index >= 15 is 0 Å². The summed E-state index contributed by atoms with van der Waals surface area (Å²) in [6, 6.07) is 0. The third-order valence-corrected chi connectivity index (χ3v) is 1.99. The van der Waals surface area contributed by atoms with Gasteiger partial charge in [0.2, 0.25) is 0 Å². The minimum absolute atomic E-state index is 0.169. The fourth-order valence-corrected chi connectivity index (χ4v) is 1.32. The van der Waals surface area contributed by atoms with Crippen molar-refractivity contribution < 1.29 is 19.0 Å². The molecule has 0 aromatic carbocycles. The van der Waals surface area contributed by atoms with Crippen LogP contribution in [0.15, 0.2) is 6.20 Å². The second-order valence-electron chi connectivity index (χ2n) is 2.91. The van der Waals surface area contributed by atoms with Crippen LogP contribution in [0.2, 0.25) is 0 Å². The fraction of sp³-hybridized carbons (Fsp3) is 0.333. The van der Waals surface area contributed by atoms with Crippen molar-refractivity contribution in [2.75, 3.05) is 26.1 Å². The molecule has 0 saturated carbocycles. The molecule has 2 N–H and O–H groups in total. The summed E-state index contributed by atoms with van der Waals surface area (Å²) >= 11 is 0. The van der Waals surface area contributed by atoms with Crippen molar-refractivity contribution in [3.05, 3.63) is 11.8 Å². The number of hydrogen-bond donors (Lipinski definition) is 1. The Hall–Kier alpha value is -1.98. The van der Waals surface area contributed by atoms with Gasteiger partial charge in [-0.05, 0) is 0 Å². The summed E-state index contributed by atoms with van der Waals surface area (Å²) in [5.74, 6) is -0.0272. The Morgan fingerprint density at radius 3 is 3.00 bits per heavy atom. The van der Waals surface area contributed by atoms with Crippen LogP contribution in [0.4, 0.5) is 5.69 Å². The van der Waals surface area contributed by atoms with Gasteiger partial charge in [0.25, 0.3) is 5.88 Å². The zero-order valence-electron chi connectivity index (χ0n) is 8.15. The molecule has 0 unspecified atom stereocenters. The quantitative estimate of drug-likeness (QED) is 0.667. The molecular formula is C9H10N2O4. The van der Waals surface area contributed by atoms with E-state index in [2.05, 4.69) is 9.72 Å². The number of nitrogens with zero attached hydrogens (tertiary/aromatic N) is 1. The number of ether oxygens (including phenoxy) is 3. The number of pyridine rings is 1. The first kappa shape index (κ1) is 9.57. The highest BCUT2D eigenvalue weighted by molar-refractivity contribution is 5.98. The molecule has 0 amide bonds. The lowest BCUT2D eigenvalue weighted by Gasteiger charge is -2.19. The summed E-state index contributed by atoms with van der Waals surface area (Å²) in [6.07, 6.45) is 1.35. The molecule has 15 heavy (non-hydrogen) atoms. The molecule has 0 aliphatic carbocycles. The number of rotatable bonds is 1. The molecule has 1 aliphatic heterocycles. The lowest BCUT2D eigenvalue weighted by molar-refractivity contribution is 0.0591. The number of hydrogen-bond acceptors (Lipinski definition) is 6. The Labute approximate surface area is 85.9 Å². The molecule has 6 nitrogen and oxygen atoms in total. The third-order valence-electron chi connectivity index (χ3n) is 1.99. The van der Waals surface area contributed by atoms with Crippen molar-refractivity contribution >= 4 is 11.7 Å². The molecule has 0 saturated heterocycles. The normalized spacial score (nSPS) is 13.4. The highest BCUT2D eigenvalue weighted by Gasteiger charge is 2.25. The zero-order chi connectivity index (χ0) is 10.8. The molecule has 2 rings (SSSR count). The van der Waals surface area contributed by atoms with Crippen LogP contribution < -0.4 is 15.2 Å². The number of carbonyl (C=O) groups excluding carboxylic acids is 1. The molecule has 1 aliphatic rings. The summed E-state index contributed by atoms with van der Waals surface area (Å²) in [5, 5.41) is 0.